The van der Waals surface area contributed by atoms with Crippen molar-refractivity contribution in [3.63, 3.8) is 0 Å². The molecule has 0 unspecified atom stereocenters. The predicted molar refractivity (Wildman–Crippen MR) is 95.0 cm³/mol. The lowest BCUT2D eigenvalue weighted by molar-refractivity contribution is 0.265. The lowest BCUT2D eigenvalue weighted by Gasteiger charge is -2.30. The zero-order valence-corrected chi connectivity index (χ0v) is 15.0. The number of piperidine rings is 1. The molecule has 0 bridgehead atoms. The summed E-state index contributed by atoms with van der Waals surface area (Å²) in [7, 11) is -3.10. The fraction of sp³-hybridized carbons (Fsp3) is 0.444. The summed E-state index contributed by atoms with van der Waals surface area (Å²) < 4.78 is 25.0. The summed E-state index contributed by atoms with van der Waals surface area (Å²) in [6.07, 6.45) is 4.00. The average molecular weight is 345 g/mol. The van der Waals surface area contributed by atoms with Gasteiger partial charge in [0.05, 0.1) is 17.6 Å². The topological polar surface area (TPSA) is 63.2 Å². The molecule has 1 saturated heterocycles. The Bertz CT molecular complexity index is 786. The van der Waals surface area contributed by atoms with Crippen molar-refractivity contribution >= 4 is 10.0 Å². The number of rotatable bonds is 4. The van der Waals surface area contributed by atoms with Crippen LogP contribution in [0.3, 0.4) is 0 Å². The Labute approximate surface area is 143 Å². The summed E-state index contributed by atoms with van der Waals surface area (Å²) in [4.78, 5) is 0. The van der Waals surface area contributed by atoms with Gasteiger partial charge in [0.25, 0.3) is 0 Å². The average Bonchev–Trinajstić information content (AvgIpc) is 2.56. The lowest BCUT2D eigenvalue weighted by Crippen LogP contribution is -2.39. The summed E-state index contributed by atoms with van der Waals surface area (Å²) in [5, 5.41) is 8.67. The van der Waals surface area contributed by atoms with Crippen LogP contribution in [0.4, 0.5) is 0 Å². The minimum Gasteiger partial charge on any atom is -0.213 e. The first kappa shape index (κ1) is 17.0. The minimum absolute atomic E-state index is 0.313. The Morgan fingerprint density at radius 2 is 1.88 bits per heavy atom. The third-order valence-electron chi connectivity index (χ3n) is 4.52. The third kappa shape index (κ3) is 4.19. The molecule has 2 aromatic rings. The summed E-state index contributed by atoms with van der Waals surface area (Å²) >= 11 is 0. The molecule has 0 saturated carbocycles. The summed E-state index contributed by atoms with van der Waals surface area (Å²) in [6.45, 7) is 3.27. The standard InChI is InChI=1S/C18H23N3O2S/c1-14-5-7-16(8-6-14)18-10-9-17(19-20-18)12-15-4-3-11-21(13-15)24(2,22)23/h5-10,15H,3-4,11-13H2,1-2H3/t15-/m1/s1. The van der Waals surface area contributed by atoms with Crippen molar-refractivity contribution in [2.24, 2.45) is 5.92 Å². The first-order valence-electron chi connectivity index (χ1n) is 8.26. The Morgan fingerprint density at radius 3 is 2.50 bits per heavy atom. The van der Waals surface area contributed by atoms with Gasteiger partial charge in [-0.1, -0.05) is 29.8 Å². The Kier molecular flexibility index (Phi) is 4.96. The molecule has 6 heteroatoms. The molecule has 1 aromatic heterocycles. The number of hydrogen-bond donors (Lipinski definition) is 0. The van der Waals surface area contributed by atoms with Gasteiger partial charge in [-0.25, -0.2) is 12.7 Å². The molecule has 1 atom stereocenters. The summed E-state index contributed by atoms with van der Waals surface area (Å²) in [5.41, 5.74) is 4.06. The Morgan fingerprint density at radius 1 is 1.12 bits per heavy atom. The van der Waals surface area contributed by atoms with Gasteiger partial charge in [0.15, 0.2) is 0 Å². The molecule has 1 aliphatic heterocycles. The minimum atomic E-state index is -3.10. The largest absolute Gasteiger partial charge is 0.213 e. The van der Waals surface area contributed by atoms with Gasteiger partial charge in [-0.05, 0) is 44.2 Å². The fourth-order valence-electron chi connectivity index (χ4n) is 3.14. The molecule has 3 rings (SSSR count). The molecule has 1 aliphatic rings. The van der Waals surface area contributed by atoms with E-state index in [-0.39, 0.29) is 0 Å². The van der Waals surface area contributed by atoms with E-state index in [0.29, 0.717) is 19.0 Å². The van der Waals surface area contributed by atoms with Crippen LogP contribution in [-0.4, -0.2) is 42.3 Å². The highest BCUT2D eigenvalue weighted by molar-refractivity contribution is 7.88. The van der Waals surface area contributed by atoms with Crippen molar-refractivity contribution in [2.75, 3.05) is 19.3 Å². The maximum atomic E-state index is 11.7. The van der Waals surface area contributed by atoms with E-state index in [1.165, 1.54) is 11.8 Å². The molecule has 0 N–H and O–H groups in total. The van der Waals surface area contributed by atoms with Gasteiger partial charge in [0, 0.05) is 18.7 Å². The van der Waals surface area contributed by atoms with E-state index in [2.05, 4.69) is 29.3 Å². The second kappa shape index (κ2) is 6.99. The van der Waals surface area contributed by atoms with Crippen molar-refractivity contribution in [3.05, 3.63) is 47.7 Å². The number of aromatic nitrogens is 2. The molecular weight excluding hydrogens is 322 g/mol. The van der Waals surface area contributed by atoms with E-state index >= 15 is 0 Å². The fourth-order valence-corrected chi connectivity index (χ4v) is 4.08. The van der Waals surface area contributed by atoms with Gasteiger partial charge in [-0.15, -0.1) is 0 Å². The zero-order chi connectivity index (χ0) is 17.2. The molecule has 24 heavy (non-hydrogen) atoms. The van der Waals surface area contributed by atoms with Gasteiger partial charge in [0.2, 0.25) is 10.0 Å². The van der Waals surface area contributed by atoms with Crippen LogP contribution >= 0.6 is 0 Å². The normalized spacial score (nSPS) is 19.3. The van der Waals surface area contributed by atoms with Gasteiger partial charge in [0.1, 0.15) is 0 Å². The monoisotopic (exact) mass is 345 g/mol. The third-order valence-corrected chi connectivity index (χ3v) is 5.79. The van der Waals surface area contributed by atoms with Crippen molar-refractivity contribution < 1.29 is 8.42 Å². The molecule has 2 heterocycles. The van der Waals surface area contributed by atoms with Gasteiger partial charge in [-0.3, -0.25) is 0 Å². The van der Waals surface area contributed by atoms with Crippen LogP contribution in [0, 0.1) is 12.8 Å². The highest BCUT2D eigenvalue weighted by atomic mass is 32.2. The number of benzene rings is 1. The maximum absolute atomic E-state index is 11.7. The molecule has 0 aliphatic carbocycles. The van der Waals surface area contributed by atoms with Crippen LogP contribution in [0.1, 0.15) is 24.1 Å². The van der Waals surface area contributed by atoms with E-state index in [0.717, 1.165) is 36.2 Å². The molecule has 1 fully saturated rings. The zero-order valence-electron chi connectivity index (χ0n) is 14.1. The first-order valence-corrected chi connectivity index (χ1v) is 10.1. The van der Waals surface area contributed by atoms with E-state index in [4.69, 9.17) is 0 Å². The molecule has 0 amide bonds. The Hall–Kier alpha value is -1.79. The molecular formula is C18H23N3O2S. The first-order chi connectivity index (χ1) is 11.4. The van der Waals surface area contributed by atoms with Crippen molar-refractivity contribution in [3.8, 4) is 11.3 Å². The molecule has 1 aromatic carbocycles. The van der Waals surface area contributed by atoms with Crippen LogP contribution in [0.15, 0.2) is 36.4 Å². The van der Waals surface area contributed by atoms with Gasteiger partial charge >= 0.3 is 0 Å². The van der Waals surface area contributed by atoms with Gasteiger partial charge < -0.3 is 0 Å². The predicted octanol–water partition coefficient (Wildman–Crippen LogP) is 2.67. The van der Waals surface area contributed by atoms with Crippen LogP contribution in [0.2, 0.25) is 0 Å². The van der Waals surface area contributed by atoms with Crippen LogP contribution in [0.5, 0.6) is 0 Å². The second-order valence-electron chi connectivity index (χ2n) is 6.61. The molecule has 128 valence electrons. The molecule has 0 spiro atoms. The molecule has 5 nitrogen and oxygen atoms in total. The van der Waals surface area contributed by atoms with E-state index in [1.807, 2.05) is 24.3 Å². The highest BCUT2D eigenvalue weighted by Gasteiger charge is 2.26. The number of hydrogen-bond acceptors (Lipinski definition) is 4. The summed E-state index contributed by atoms with van der Waals surface area (Å²) in [6, 6.07) is 12.2. The summed E-state index contributed by atoms with van der Waals surface area (Å²) in [5.74, 6) is 0.313. The van der Waals surface area contributed by atoms with Gasteiger partial charge in [-0.2, -0.15) is 10.2 Å². The smallest absolute Gasteiger partial charge is 0.211 e. The van der Waals surface area contributed by atoms with Crippen LogP contribution in [0.25, 0.3) is 11.3 Å². The second-order valence-corrected chi connectivity index (χ2v) is 8.59. The quantitative estimate of drug-likeness (QED) is 0.855. The SMILES string of the molecule is Cc1ccc(-c2ccc(C[C@H]3CCCN(S(C)(=O)=O)C3)nn2)cc1. The van der Waals surface area contributed by atoms with E-state index in [1.54, 1.807) is 4.31 Å². The van der Waals surface area contributed by atoms with Crippen LogP contribution in [-0.2, 0) is 16.4 Å². The van der Waals surface area contributed by atoms with Crippen molar-refractivity contribution in [1.82, 2.24) is 14.5 Å². The number of sulfonamides is 1. The van der Waals surface area contributed by atoms with Crippen molar-refractivity contribution in [1.29, 1.82) is 0 Å². The maximum Gasteiger partial charge on any atom is 0.211 e. The molecule has 0 radical (unpaired) electrons. The number of aryl methyl sites for hydroxylation is 1. The van der Waals surface area contributed by atoms with Crippen LogP contribution < -0.4 is 0 Å². The Balaban J connectivity index is 1.67. The van der Waals surface area contributed by atoms with E-state index in [9.17, 15) is 8.42 Å². The van der Waals surface area contributed by atoms with E-state index < -0.39 is 10.0 Å². The number of nitrogens with zero attached hydrogens (tertiary/aromatic N) is 3. The van der Waals surface area contributed by atoms with Crippen molar-refractivity contribution in [2.45, 2.75) is 26.2 Å². The lowest BCUT2D eigenvalue weighted by atomic mass is 9.94. The highest BCUT2D eigenvalue weighted by Crippen LogP contribution is 2.22.